The van der Waals surface area contributed by atoms with Crippen LogP contribution in [0, 0.1) is 34.9 Å². The first-order chi connectivity index (χ1) is 18.0. The van der Waals surface area contributed by atoms with E-state index in [2.05, 4.69) is 31.3 Å². The van der Waals surface area contributed by atoms with E-state index in [4.69, 9.17) is 11.6 Å². The predicted octanol–water partition coefficient (Wildman–Crippen LogP) is 5.65. The topological polar surface area (TPSA) is 128 Å². The van der Waals surface area contributed by atoms with E-state index in [0.717, 1.165) is 25.7 Å². The highest BCUT2D eigenvalue weighted by Gasteiger charge is 2.47. The Morgan fingerprint density at radius 1 is 1.16 bits per heavy atom. The molecule has 0 saturated heterocycles. The van der Waals surface area contributed by atoms with Gasteiger partial charge in [0.15, 0.2) is 17.3 Å². The van der Waals surface area contributed by atoms with Crippen LogP contribution < -0.4 is 5.32 Å². The summed E-state index contributed by atoms with van der Waals surface area (Å²) in [6.45, 7) is 0. The summed E-state index contributed by atoms with van der Waals surface area (Å²) in [5, 5.41) is 23.6. The number of nitrogens with zero attached hydrogens (tertiary/aromatic N) is 4. The fourth-order valence-corrected chi connectivity index (χ4v) is 6.19. The molecule has 2 bridgehead atoms. The van der Waals surface area contributed by atoms with Crippen molar-refractivity contribution in [2.75, 3.05) is 5.32 Å². The molecule has 37 heavy (non-hydrogen) atoms. The molecule has 3 fully saturated rings. The summed E-state index contributed by atoms with van der Waals surface area (Å²) < 4.78 is 16.3. The summed E-state index contributed by atoms with van der Waals surface area (Å²) in [6, 6.07) is 10.5. The van der Waals surface area contributed by atoms with Gasteiger partial charge in [0.2, 0.25) is 0 Å². The van der Waals surface area contributed by atoms with E-state index in [9.17, 15) is 15.2 Å². The number of aromatic nitrogens is 4. The lowest BCUT2D eigenvalue weighted by Gasteiger charge is -2.47. The van der Waals surface area contributed by atoms with Crippen LogP contribution in [-0.2, 0) is 4.79 Å². The highest BCUT2D eigenvalue weighted by Crippen LogP contribution is 2.47. The SMILES string of the molecule is N#Cc1c(-c2c[nH]c3ncc(Cl)nc23)nc(NC2C3CCC(CC3)[C@H]2C(=O)O)c(F)c1-c1ccccc1. The van der Waals surface area contributed by atoms with E-state index in [1.54, 1.807) is 30.5 Å². The Morgan fingerprint density at radius 3 is 2.59 bits per heavy atom. The predicted molar refractivity (Wildman–Crippen MR) is 136 cm³/mol. The standard InChI is InChI=1S/C27H22ClFN6O2/c28-18-12-32-26-24(33-18)17(11-31-26)23-16(10-30)19(13-4-2-1-3-5-13)21(29)25(35-23)34-22-15-8-6-14(7-9-15)20(22)27(36)37/h1-5,11-12,14-15,20,22H,6-9H2,(H,31,32)(H,34,35)(H,36,37)/t14?,15?,20-,22?/m1/s1. The van der Waals surface area contributed by atoms with Crippen molar-refractivity contribution in [3.05, 3.63) is 59.3 Å². The quantitative estimate of drug-likeness (QED) is 0.312. The number of carboxylic acid groups (broad SMARTS) is 1. The molecule has 1 unspecified atom stereocenters. The zero-order valence-electron chi connectivity index (χ0n) is 19.6. The number of nitriles is 1. The van der Waals surface area contributed by atoms with Crippen molar-refractivity contribution in [3.63, 3.8) is 0 Å². The number of hydrogen-bond acceptors (Lipinski definition) is 6. The zero-order chi connectivity index (χ0) is 25.7. The molecule has 1 aromatic carbocycles. The van der Waals surface area contributed by atoms with Crippen molar-refractivity contribution >= 4 is 34.6 Å². The average molecular weight is 517 g/mol. The Balaban J connectivity index is 1.57. The molecule has 3 aromatic heterocycles. The Bertz CT molecular complexity index is 1560. The van der Waals surface area contributed by atoms with Crippen LogP contribution in [0.4, 0.5) is 10.2 Å². The summed E-state index contributed by atoms with van der Waals surface area (Å²) in [5.74, 6) is -2.15. The number of aromatic amines is 1. The Labute approximate surface area is 216 Å². The van der Waals surface area contributed by atoms with E-state index in [-0.39, 0.29) is 39.6 Å². The first-order valence-electron chi connectivity index (χ1n) is 12.1. The van der Waals surface area contributed by atoms with Gasteiger partial charge in [0, 0.05) is 23.4 Å². The third-order valence-corrected chi connectivity index (χ3v) is 7.91. The van der Waals surface area contributed by atoms with Crippen molar-refractivity contribution in [3.8, 4) is 28.5 Å². The van der Waals surface area contributed by atoms with Gasteiger partial charge in [0.05, 0.1) is 23.4 Å². The van der Waals surface area contributed by atoms with Gasteiger partial charge < -0.3 is 15.4 Å². The summed E-state index contributed by atoms with van der Waals surface area (Å²) in [6.07, 6.45) is 6.51. The maximum Gasteiger partial charge on any atom is 0.308 e. The van der Waals surface area contributed by atoms with Gasteiger partial charge >= 0.3 is 5.97 Å². The third-order valence-electron chi connectivity index (χ3n) is 7.73. The minimum atomic E-state index is -0.883. The van der Waals surface area contributed by atoms with Gasteiger partial charge in [-0.15, -0.1) is 0 Å². The number of rotatable bonds is 5. The first kappa shape index (κ1) is 23.4. The lowest BCUT2D eigenvalue weighted by atomic mass is 9.61. The largest absolute Gasteiger partial charge is 0.481 e. The van der Waals surface area contributed by atoms with Gasteiger partial charge in [-0.3, -0.25) is 4.79 Å². The van der Waals surface area contributed by atoms with Crippen LogP contribution in [0.25, 0.3) is 33.5 Å². The monoisotopic (exact) mass is 516 g/mol. The van der Waals surface area contributed by atoms with Crippen LogP contribution >= 0.6 is 11.6 Å². The molecule has 3 heterocycles. The number of nitrogens with one attached hydrogen (secondary N) is 2. The van der Waals surface area contributed by atoms with Crippen molar-refractivity contribution in [1.29, 1.82) is 5.26 Å². The molecule has 186 valence electrons. The molecule has 0 spiro atoms. The van der Waals surface area contributed by atoms with E-state index in [1.807, 2.05) is 6.07 Å². The molecule has 4 aromatic rings. The molecular formula is C27H22ClFN6O2. The molecule has 3 aliphatic rings. The number of hydrogen-bond donors (Lipinski definition) is 3. The van der Waals surface area contributed by atoms with Crippen LogP contribution in [0.3, 0.4) is 0 Å². The molecule has 10 heteroatoms. The minimum absolute atomic E-state index is 0.0388. The lowest BCUT2D eigenvalue weighted by molar-refractivity contribution is -0.148. The number of pyridine rings is 1. The molecule has 0 aliphatic heterocycles. The number of benzene rings is 1. The Morgan fingerprint density at radius 2 is 1.89 bits per heavy atom. The maximum absolute atomic E-state index is 16.3. The normalized spacial score (nSPS) is 22.6. The van der Waals surface area contributed by atoms with Gasteiger partial charge in [-0.25, -0.2) is 19.3 Å². The van der Waals surface area contributed by atoms with Gasteiger partial charge in [-0.2, -0.15) is 5.26 Å². The molecule has 3 saturated carbocycles. The number of halogens is 2. The zero-order valence-corrected chi connectivity index (χ0v) is 20.3. The van der Waals surface area contributed by atoms with Crippen LogP contribution in [0.2, 0.25) is 5.15 Å². The van der Waals surface area contributed by atoms with Gasteiger partial charge in [0.25, 0.3) is 0 Å². The fraction of sp³-hybridized carbons (Fsp3) is 0.296. The Kier molecular flexibility index (Phi) is 5.76. The van der Waals surface area contributed by atoms with Crippen LogP contribution in [0.1, 0.15) is 31.2 Å². The average Bonchev–Trinajstić information content (AvgIpc) is 3.33. The summed E-state index contributed by atoms with van der Waals surface area (Å²) in [5.41, 5.74) is 2.13. The number of aliphatic carboxylic acids is 1. The number of H-pyrrole nitrogens is 1. The molecular weight excluding hydrogens is 495 g/mol. The van der Waals surface area contributed by atoms with E-state index in [1.165, 1.54) is 6.20 Å². The maximum atomic E-state index is 16.3. The first-order valence-corrected chi connectivity index (χ1v) is 12.5. The molecule has 7 rings (SSSR count). The van der Waals surface area contributed by atoms with Crippen molar-refractivity contribution in [2.24, 2.45) is 17.8 Å². The number of carbonyl (C=O) groups is 1. The molecule has 3 N–H and O–H groups in total. The molecule has 0 radical (unpaired) electrons. The van der Waals surface area contributed by atoms with Gasteiger partial charge in [-0.1, -0.05) is 41.9 Å². The molecule has 2 atom stereocenters. The highest BCUT2D eigenvalue weighted by atomic mass is 35.5. The van der Waals surface area contributed by atoms with E-state index < -0.39 is 23.7 Å². The van der Waals surface area contributed by atoms with Gasteiger partial charge in [0.1, 0.15) is 16.7 Å². The van der Waals surface area contributed by atoms with Crippen molar-refractivity contribution in [2.45, 2.75) is 31.7 Å². The summed E-state index contributed by atoms with van der Waals surface area (Å²) in [7, 11) is 0. The highest BCUT2D eigenvalue weighted by molar-refractivity contribution is 6.29. The van der Waals surface area contributed by atoms with Crippen LogP contribution in [-0.4, -0.2) is 37.1 Å². The van der Waals surface area contributed by atoms with E-state index >= 15 is 4.39 Å². The molecule has 3 aliphatic carbocycles. The van der Waals surface area contributed by atoms with E-state index in [0.29, 0.717) is 22.3 Å². The smallest absolute Gasteiger partial charge is 0.308 e. The second-order valence-corrected chi connectivity index (χ2v) is 10.0. The molecule has 0 amide bonds. The Hall–Kier alpha value is -4.03. The van der Waals surface area contributed by atoms with Gasteiger partial charge in [-0.05, 0) is 43.1 Å². The fourth-order valence-electron chi connectivity index (χ4n) is 6.06. The van der Waals surface area contributed by atoms with Crippen LogP contribution in [0.15, 0.2) is 42.7 Å². The second-order valence-electron chi connectivity index (χ2n) is 9.65. The summed E-state index contributed by atoms with van der Waals surface area (Å²) >= 11 is 6.10. The van der Waals surface area contributed by atoms with Crippen LogP contribution in [0.5, 0.6) is 0 Å². The number of carboxylic acids is 1. The molecule has 8 nitrogen and oxygen atoms in total. The number of anilines is 1. The van der Waals surface area contributed by atoms with Crippen molar-refractivity contribution < 1.29 is 14.3 Å². The van der Waals surface area contributed by atoms with Crippen molar-refractivity contribution in [1.82, 2.24) is 19.9 Å². The third kappa shape index (κ3) is 3.89. The number of fused-ring (bicyclic) bond motifs is 4. The lowest BCUT2D eigenvalue weighted by Crippen LogP contribution is -2.51. The summed E-state index contributed by atoms with van der Waals surface area (Å²) in [4.78, 5) is 28.4. The minimum Gasteiger partial charge on any atom is -0.481 e. The second kappa shape index (κ2) is 9.12.